The molecule has 0 radical (unpaired) electrons. The van der Waals surface area contributed by atoms with Crippen LogP contribution in [-0.2, 0) is 16.4 Å². The third-order valence-electron chi connectivity index (χ3n) is 4.18. The summed E-state index contributed by atoms with van der Waals surface area (Å²) >= 11 is 0. The topological polar surface area (TPSA) is 67.4 Å². The summed E-state index contributed by atoms with van der Waals surface area (Å²) in [5, 5.41) is 5.59. The molecule has 2 N–H and O–H groups in total. The smallest absolute Gasteiger partial charge is 0.208 e. The lowest BCUT2D eigenvalue weighted by Gasteiger charge is -2.10. The molecule has 0 aromatic heterocycles. The first-order valence-electron chi connectivity index (χ1n) is 9.47. The van der Waals surface area contributed by atoms with E-state index in [9.17, 15) is 8.42 Å². The molecule has 2 aromatic carbocycles. The van der Waals surface area contributed by atoms with Crippen molar-refractivity contribution in [2.24, 2.45) is 0 Å². The lowest BCUT2D eigenvalue weighted by Crippen LogP contribution is -2.24. The molecule has 0 aliphatic carbocycles. The Balaban J connectivity index is 1.82. The van der Waals surface area contributed by atoms with Gasteiger partial charge in [-0.3, -0.25) is 0 Å². The minimum atomic E-state index is -3.14. The van der Waals surface area contributed by atoms with Crippen LogP contribution in [-0.4, -0.2) is 40.9 Å². The summed E-state index contributed by atoms with van der Waals surface area (Å²) in [6, 6.07) is 12.2. The van der Waals surface area contributed by atoms with Crippen molar-refractivity contribution in [3.63, 3.8) is 0 Å². The molecule has 6 heteroatoms. The van der Waals surface area contributed by atoms with Gasteiger partial charge in [-0.25, -0.2) is 13.1 Å². The molecule has 0 heterocycles. The summed E-state index contributed by atoms with van der Waals surface area (Å²) in [5.41, 5.74) is 2.38. The van der Waals surface area contributed by atoms with E-state index in [0.29, 0.717) is 19.6 Å². The predicted molar refractivity (Wildman–Crippen MR) is 117 cm³/mol. The average Bonchev–Trinajstić information content (AvgIpc) is 2.65. The van der Waals surface area contributed by atoms with Crippen LogP contribution < -0.4 is 14.8 Å². The quantitative estimate of drug-likeness (QED) is 0.446. The van der Waals surface area contributed by atoms with E-state index >= 15 is 0 Å². The number of fused-ring (bicyclic) bond motifs is 1. The standard InChI is InChI=1S/C22H30N2O3S/c1-4-5-6-18(2)17-23-13-14-27-22-10-9-20-15-19(7-8-21(20)16-22)11-12-24-28(3,25)26/h4-10,15-16,23-24H,11-14,17H2,1-3H3/b5-4-,18-6+. The Bertz CT molecular complexity index is 934. The van der Waals surface area contributed by atoms with Gasteiger partial charge in [-0.05, 0) is 48.7 Å². The third-order valence-corrected chi connectivity index (χ3v) is 4.91. The first-order valence-corrected chi connectivity index (χ1v) is 11.4. The van der Waals surface area contributed by atoms with Crippen molar-refractivity contribution >= 4 is 20.8 Å². The molecule has 5 nitrogen and oxygen atoms in total. The second-order valence-electron chi connectivity index (χ2n) is 6.82. The maximum Gasteiger partial charge on any atom is 0.208 e. The Hall–Kier alpha value is -2.15. The van der Waals surface area contributed by atoms with Crippen molar-refractivity contribution in [1.29, 1.82) is 0 Å². The number of rotatable bonds is 11. The van der Waals surface area contributed by atoms with Gasteiger partial charge in [0.1, 0.15) is 12.4 Å². The van der Waals surface area contributed by atoms with Gasteiger partial charge in [0.05, 0.1) is 6.26 Å². The van der Waals surface area contributed by atoms with E-state index in [1.807, 2.05) is 49.4 Å². The zero-order chi connectivity index (χ0) is 20.4. The summed E-state index contributed by atoms with van der Waals surface area (Å²) in [6.45, 7) is 6.75. The number of hydrogen-bond acceptors (Lipinski definition) is 4. The van der Waals surface area contributed by atoms with Crippen LogP contribution in [0.5, 0.6) is 5.75 Å². The highest BCUT2D eigenvalue weighted by Gasteiger charge is 2.03. The number of ether oxygens (including phenoxy) is 1. The van der Waals surface area contributed by atoms with E-state index in [2.05, 4.69) is 29.1 Å². The fourth-order valence-electron chi connectivity index (χ4n) is 2.75. The summed E-state index contributed by atoms with van der Waals surface area (Å²) in [4.78, 5) is 0. The van der Waals surface area contributed by atoms with Gasteiger partial charge < -0.3 is 10.1 Å². The van der Waals surface area contributed by atoms with Crippen LogP contribution in [0.1, 0.15) is 19.4 Å². The first kappa shape index (κ1) is 22.1. The number of hydrogen-bond donors (Lipinski definition) is 2. The van der Waals surface area contributed by atoms with Gasteiger partial charge in [-0.15, -0.1) is 0 Å². The lowest BCUT2D eigenvalue weighted by atomic mass is 10.0. The number of nitrogens with one attached hydrogen (secondary N) is 2. The highest BCUT2D eigenvalue weighted by atomic mass is 32.2. The Kier molecular flexibility index (Phi) is 8.70. The predicted octanol–water partition coefficient (Wildman–Crippen LogP) is 3.42. The highest BCUT2D eigenvalue weighted by molar-refractivity contribution is 7.88. The van der Waals surface area contributed by atoms with Crippen molar-refractivity contribution < 1.29 is 13.2 Å². The molecular formula is C22H30N2O3S. The van der Waals surface area contributed by atoms with Crippen LogP contribution in [0.3, 0.4) is 0 Å². The molecule has 0 aliphatic rings. The minimum absolute atomic E-state index is 0.405. The summed E-state index contributed by atoms with van der Waals surface area (Å²) < 4.78 is 30.6. The molecule has 0 saturated carbocycles. The molecule has 152 valence electrons. The van der Waals surface area contributed by atoms with Crippen LogP contribution in [0.4, 0.5) is 0 Å². The van der Waals surface area contributed by atoms with E-state index in [4.69, 9.17) is 4.74 Å². The van der Waals surface area contributed by atoms with Gasteiger partial charge >= 0.3 is 0 Å². The average molecular weight is 403 g/mol. The first-order chi connectivity index (χ1) is 13.4. The number of sulfonamides is 1. The highest BCUT2D eigenvalue weighted by Crippen LogP contribution is 2.22. The number of allylic oxidation sites excluding steroid dienone is 3. The second-order valence-corrected chi connectivity index (χ2v) is 8.66. The molecule has 0 amide bonds. The molecule has 2 aromatic rings. The normalized spacial score (nSPS) is 12.8. The molecular weight excluding hydrogens is 372 g/mol. The molecule has 0 unspecified atom stereocenters. The van der Waals surface area contributed by atoms with E-state index in [-0.39, 0.29) is 0 Å². The van der Waals surface area contributed by atoms with Crippen LogP contribution in [0, 0.1) is 0 Å². The summed E-state index contributed by atoms with van der Waals surface area (Å²) in [7, 11) is -3.14. The van der Waals surface area contributed by atoms with E-state index < -0.39 is 10.0 Å². The summed E-state index contributed by atoms with van der Waals surface area (Å²) in [5.74, 6) is 0.849. The summed E-state index contributed by atoms with van der Waals surface area (Å²) in [6.07, 6.45) is 7.99. The molecule has 0 bridgehead atoms. The van der Waals surface area contributed by atoms with E-state index in [1.165, 1.54) is 11.8 Å². The van der Waals surface area contributed by atoms with Crippen LogP contribution in [0.25, 0.3) is 10.8 Å². The third kappa shape index (κ3) is 8.25. The van der Waals surface area contributed by atoms with Gasteiger partial charge in [-0.1, -0.05) is 48.1 Å². The van der Waals surface area contributed by atoms with Gasteiger partial charge in [0, 0.05) is 19.6 Å². The monoisotopic (exact) mass is 402 g/mol. The largest absolute Gasteiger partial charge is 0.492 e. The van der Waals surface area contributed by atoms with E-state index in [0.717, 1.165) is 35.2 Å². The molecule has 0 aliphatic heterocycles. The van der Waals surface area contributed by atoms with Crippen LogP contribution >= 0.6 is 0 Å². The Morgan fingerprint density at radius 3 is 2.61 bits per heavy atom. The molecule has 0 atom stereocenters. The van der Waals surface area contributed by atoms with E-state index in [1.54, 1.807) is 0 Å². The van der Waals surface area contributed by atoms with Crippen LogP contribution in [0.15, 0.2) is 60.2 Å². The van der Waals surface area contributed by atoms with Crippen molar-refractivity contribution in [1.82, 2.24) is 10.0 Å². The maximum absolute atomic E-state index is 11.1. The Morgan fingerprint density at radius 2 is 1.86 bits per heavy atom. The minimum Gasteiger partial charge on any atom is -0.492 e. The fraction of sp³-hybridized carbons (Fsp3) is 0.364. The molecule has 0 saturated heterocycles. The van der Waals surface area contributed by atoms with Gasteiger partial charge in [0.2, 0.25) is 10.0 Å². The molecule has 0 spiro atoms. The molecule has 0 fully saturated rings. The van der Waals surface area contributed by atoms with Crippen molar-refractivity contribution in [2.75, 3.05) is 32.5 Å². The lowest BCUT2D eigenvalue weighted by molar-refractivity contribution is 0.316. The van der Waals surface area contributed by atoms with Crippen molar-refractivity contribution in [2.45, 2.75) is 20.3 Å². The maximum atomic E-state index is 11.1. The fourth-order valence-corrected chi connectivity index (χ4v) is 3.22. The molecule has 2 rings (SSSR count). The zero-order valence-corrected chi connectivity index (χ0v) is 17.7. The van der Waals surface area contributed by atoms with Crippen molar-refractivity contribution in [3.05, 3.63) is 65.8 Å². The molecule has 28 heavy (non-hydrogen) atoms. The van der Waals surface area contributed by atoms with Gasteiger partial charge in [-0.2, -0.15) is 0 Å². The van der Waals surface area contributed by atoms with Crippen LogP contribution in [0.2, 0.25) is 0 Å². The SMILES string of the molecule is C/C=C\C=C(/C)CNCCOc1ccc2cc(CCNS(C)(=O)=O)ccc2c1. The number of benzene rings is 2. The van der Waals surface area contributed by atoms with Gasteiger partial charge in [0.15, 0.2) is 0 Å². The van der Waals surface area contributed by atoms with Gasteiger partial charge in [0.25, 0.3) is 0 Å². The van der Waals surface area contributed by atoms with Crippen molar-refractivity contribution in [3.8, 4) is 5.75 Å². The zero-order valence-electron chi connectivity index (χ0n) is 16.9. The second kappa shape index (κ2) is 11.0. The Morgan fingerprint density at radius 1 is 1.11 bits per heavy atom. The Labute approximate surface area is 168 Å².